The van der Waals surface area contributed by atoms with Crippen LogP contribution >= 0.6 is 23.2 Å². The topological polar surface area (TPSA) is 12.9 Å². The summed E-state index contributed by atoms with van der Waals surface area (Å²) >= 11 is 10.7. The Morgan fingerprint density at radius 3 is 2.38 bits per heavy atom. The van der Waals surface area contributed by atoms with Crippen molar-refractivity contribution in [3.05, 3.63) is 28.5 Å². The van der Waals surface area contributed by atoms with Crippen molar-refractivity contribution in [1.29, 1.82) is 0 Å². The lowest BCUT2D eigenvalue weighted by Crippen LogP contribution is -2.06. The molecule has 1 aromatic rings. The third-order valence-corrected chi connectivity index (χ3v) is 1.78. The molecule has 0 unspecified atom stereocenters. The normalized spacial score (nSPS) is 11.8. The maximum absolute atomic E-state index is 12.2. The van der Waals surface area contributed by atoms with E-state index in [1.807, 2.05) is 0 Å². The van der Waals surface area contributed by atoms with Crippen LogP contribution in [0.15, 0.2) is 12.1 Å². The van der Waals surface area contributed by atoms with E-state index in [-0.39, 0.29) is 16.7 Å². The van der Waals surface area contributed by atoms with Gasteiger partial charge in [0.15, 0.2) is 0 Å². The number of alkyl halides is 4. The minimum atomic E-state index is -4.41. The molecule has 0 fully saturated rings. The van der Waals surface area contributed by atoms with Gasteiger partial charge in [-0.15, -0.1) is 11.6 Å². The summed E-state index contributed by atoms with van der Waals surface area (Å²) < 4.78 is 36.5. The lowest BCUT2D eigenvalue weighted by Gasteiger charge is -2.07. The van der Waals surface area contributed by atoms with Gasteiger partial charge in [0.1, 0.15) is 5.15 Å². The minimum Gasteiger partial charge on any atom is -0.240 e. The first kappa shape index (κ1) is 10.6. The second-order valence-electron chi connectivity index (χ2n) is 2.30. The van der Waals surface area contributed by atoms with Gasteiger partial charge in [0.2, 0.25) is 0 Å². The van der Waals surface area contributed by atoms with Crippen LogP contribution in [0.2, 0.25) is 5.15 Å². The van der Waals surface area contributed by atoms with E-state index < -0.39 is 11.7 Å². The van der Waals surface area contributed by atoms with E-state index in [1.165, 1.54) is 0 Å². The van der Waals surface area contributed by atoms with Crippen molar-refractivity contribution >= 4 is 23.2 Å². The van der Waals surface area contributed by atoms with Crippen molar-refractivity contribution in [2.75, 3.05) is 0 Å². The summed E-state index contributed by atoms with van der Waals surface area (Å²) in [6, 6.07) is 1.64. The smallest absolute Gasteiger partial charge is 0.240 e. The van der Waals surface area contributed by atoms with Crippen LogP contribution in [-0.2, 0) is 12.1 Å². The van der Waals surface area contributed by atoms with Crippen LogP contribution < -0.4 is 0 Å². The Morgan fingerprint density at radius 1 is 1.31 bits per heavy atom. The van der Waals surface area contributed by atoms with Crippen LogP contribution in [0.4, 0.5) is 13.2 Å². The second-order valence-corrected chi connectivity index (χ2v) is 2.96. The fourth-order valence-electron chi connectivity index (χ4n) is 0.783. The van der Waals surface area contributed by atoms with E-state index in [9.17, 15) is 13.2 Å². The van der Waals surface area contributed by atoms with Gasteiger partial charge in [-0.05, 0) is 12.1 Å². The standard InChI is InChI=1S/C7H4Cl2F3N/c8-3-5-1-4(7(10,11)12)2-6(9)13-5/h1-2H,3H2. The highest BCUT2D eigenvalue weighted by Gasteiger charge is 2.31. The van der Waals surface area contributed by atoms with Crippen molar-refractivity contribution in [1.82, 2.24) is 4.98 Å². The SMILES string of the molecule is FC(F)(F)c1cc(Cl)nc(CCl)c1. The molecule has 6 heteroatoms. The molecule has 0 saturated heterocycles. The van der Waals surface area contributed by atoms with Crippen LogP contribution in [0.25, 0.3) is 0 Å². The van der Waals surface area contributed by atoms with Gasteiger partial charge < -0.3 is 0 Å². The first-order chi connectivity index (χ1) is 5.93. The molecule has 0 aromatic carbocycles. The Morgan fingerprint density at radius 2 is 1.92 bits per heavy atom. The number of nitrogens with zero attached hydrogens (tertiary/aromatic N) is 1. The summed E-state index contributed by atoms with van der Waals surface area (Å²) in [4.78, 5) is 3.60. The molecule has 72 valence electrons. The molecule has 0 amide bonds. The maximum Gasteiger partial charge on any atom is 0.416 e. The number of aromatic nitrogens is 1. The highest BCUT2D eigenvalue weighted by Crippen LogP contribution is 2.30. The molecular formula is C7H4Cl2F3N. The molecule has 0 saturated carbocycles. The molecule has 1 nitrogen and oxygen atoms in total. The molecule has 0 spiro atoms. The average Bonchev–Trinajstić information content (AvgIpc) is 2.01. The van der Waals surface area contributed by atoms with E-state index in [4.69, 9.17) is 23.2 Å². The zero-order valence-corrected chi connectivity index (χ0v) is 7.71. The van der Waals surface area contributed by atoms with Gasteiger partial charge in [-0.3, -0.25) is 0 Å². The van der Waals surface area contributed by atoms with Crippen LogP contribution in [0.5, 0.6) is 0 Å². The van der Waals surface area contributed by atoms with Gasteiger partial charge in [-0.2, -0.15) is 13.2 Å². The number of hydrogen-bond acceptors (Lipinski definition) is 1. The van der Waals surface area contributed by atoms with E-state index in [2.05, 4.69) is 4.98 Å². The van der Waals surface area contributed by atoms with Crippen molar-refractivity contribution in [2.24, 2.45) is 0 Å². The first-order valence-corrected chi connectivity index (χ1v) is 4.14. The van der Waals surface area contributed by atoms with Crippen molar-refractivity contribution in [2.45, 2.75) is 12.1 Å². The van der Waals surface area contributed by atoms with E-state index in [0.29, 0.717) is 0 Å². The quantitative estimate of drug-likeness (QED) is 0.531. The summed E-state index contributed by atoms with van der Waals surface area (Å²) in [5.41, 5.74) is -0.718. The second kappa shape index (κ2) is 3.72. The summed E-state index contributed by atoms with van der Waals surface area (Å²) in [7, 11) is 0. The van der Waals surface area contributed by atoms with Crippen molar-refractivity contribution in [3.8, 4) is 0 Å². The Bertz CT molecular complexity index is 311. The third kappa shape index (κ3) is 2.74. The molecule has 1 rings (SSSR count). The van der Waals surface area contributed by atoms with Gasteiger partial charge in [-0.25, -0.2) is 4.98 Å². The predicted molar refractivity (Wildman–Crippen MR) is 43.8 cm³/mol. The largest absolute Gasteiger partial charge is 0.416 e. The molecule has 0 aliphatic heterocycles. The van der Waals surface area contributed by atoms with Gasteiger partial charge in [-0.1, -0.05) is 11.6 Å². The summed E-state index contributed by atoms with van der Waals surface area (Å²) in [5, 5.41) is -0.203. The highest BCUT2D eigenvalue weighted by atomic mass is 35.5. The summed E-state index contributed by atoms with van der Waals surface area (Å²) in [6.07, 6.45) is -4.41. The first-order valence-electron chi connectivity index (χ1n) is 3.23. The van der Waals surface area contributed by atoms with Crippen molar-refractivity contribution in [3.63, 3.8) is 0 Å². The highest BCUT2D eigenvalue weighted by molar-refractivity contribution is 6.29. The van der Waals surface area contributed by atoms with E-state index in [0.717, 1.165) is 12.1 Å². The zero-order valence-electron chi connectivity index (χ0n) is 6.20. The molecule has 0 atom stereocenters. The summed E-state index contributed by atoms with van der Waals surface area (Å²) in [6.45, 7) is 0. The lowest BCUT2D eigenvalue weighted by molar-refractivity contribution is -0.137. The van der Waals surface area contributed by atoms with Crippen LogP contribution in [0.1, 0.15) is 11.3 Å². The Labute approximate surface area is 82.5 Å². The number of hydrogen-bond donors (Lipinski definition) is 0. The monoisotopic (exact) mass is 229 g/mol. The molecule has 1 aromatic heterocycles. The molecule has 0 aliphatic rings. The number of halogens is 5. The van der Waals surface area contributed by atoms with Gasteiger partial charge in [0.25, 0.3) is 0 Å². The van der Waals surface area contributed by atoms with E-state index >= 15 is 0 Å². The molecule has 0 aliphatic carbocycles. The number of rotatable bonds is 1. The van der Waals surface area contributed by atoms with Gasteiger partial charge in [0.05, 0.1) is 17.1 Å². The molecule has 0 bridgehead atoms. The lowest BCUT2D eigenvalue weighted by atomic mass is 10.2. The Kier molecular flexibility index (Phi) is 3.03. The molecular weight excluding hydrogens is 226 g/mol. The minimum absolute atomic E-state index is 0.0936. The van der Waals surface area contributed by atoms with Gasteiger partial charge in [0, 0.05) is 0 Å². The van der Waals surface area contributed by atoms with Crippen LogP contribution in [-0.4, -0.2) is 4.98 Å². The van der Waals surface area contributed by atoms with E-state index in [1.54, 1.807) is 0 Å². The Balaban J connectivity index is 3.16. The zero-order chi connectivity index (χ0) is 10.1. The fraction of sp³-hybridized carbons (Fsp3) is 0.286. The number of pyridine rings is 1. The average molecular weight is 230 g/mol. The molecule has 0 N–H and O–H groups in total. The van der Waals surface area contributed by atoms with Crippen LogP contribution in [0.3, 0.4) is 0 Å². The van der Waals surface area contributed by atoms with Gasteiger partial charge >= 0.3 is 6.18 Å². The maximum atomic E-state index is 12.2. The Hall–Kier alpha value is -0.480. The predicted octanol–water partition coefficient (Wildman–Crippen LogP) is 3.49. The molecule has 13 heavy (non-hydrogen) atoms. The van der Waals surface area contributed by atoms with Crippen LogP contribution in [0, 0.1) is 0 Å². The van der Waals surface area contributed by atoms with Crippen molar-refractivity contribution < 1.29 is 13.2 Å². The molecule has 0 radical (unpaired) electrons. The summed E-state index contributed by atoms with van der Waals surface area (Å²) in [5.74, 6) is -0.0936. The third-order valence-electron chi connectivity index (χ3n) is 1.31. The molecule has 1 heterocycles. The fourth-order valence-corrected chi connectivity index (χ4v) is 1.15.